The normalized spacial score (nSPS) is 18.0. The molecular weight excluding hydrogens is 468 g/mol. The zero-order valence-electron chi connectivity index (χ0n) is 22.3. The second kappa shape index (κ2) is 11.5. The molecule has 0 saturated carbocycles. The van der Waals surface area contributed by atoms with Gasteiger partial charge in [0.05, 0.1) is 30.5 Å². The minimum absolute atomic E-state index is 0.0117. The van der Waals surface area contributed by atoms with E-state index >= 15 is 0 Å². The Labute approximate surface area is 219 Å². The van der Waals surface area contributed by atoms with Gasteiger partial charge in [-0.05, 0) is 51.8 Å². The van der Waals surface area contributed by atoms with Crippen LogP contribution < -0.4 is 4.90 Å². The summed E-state index contributed by atoms with van der Waals surface area (Å²) in [4.78, 5) is 36.6. The van der Waals surface area contributed by atoms with Crippen molar-refractivity contribution in [3.05, 3.63) is 77.0 Å². The van der Waals surface area contributed by atoms with Gasteiger partial charge in [-0.3, -0.25) is 4.90 Å². The summed E-state index contributed by atoms with van der Waals surface area (Å²) in [6.45, 7) is 10.00. The summed E-state index contributed by atoms with van der Waals surface area (Å²) in [6, 6.07) is 17.9. The number of urea groups is 1. The van der Waals surface area contributed by atoms with Crippen molar-refractivity contribution < 1.29 is 19.1 Å². The van der Waals surface area contributed by atoms with Crippen molar-refractivity contribution >= 4 is 23.7 Å². The molecule has 8 nitrogen and oxygen atoms in total. The van der Waals surface area contributed by atoms with E-state index in [0.717, 1.165) is 16.8 Å². The molecule has 1 atom stereocenters. The molecule has 0 aromatic heterocycles. The highest BCUT2D eigenvalue weighted by Gasteiger charge is 2.38. The number of benzene rings is 2. The van der Waals surface area contributed by atoms with Crippen molar-refractivity contribution in [1.29, 1.82) is 0 Å². The Morgan fingerprint density at radius 2 is 1.81 bits per heavy atom. The van der Waals surface area contributed by atoms with E-state index in [4.69, 9.17) is 9.47 Å². The Bertz CT molecular complexity index is 1190. The summed E-state index contributed by atoms with van der Waals surface area (Å²) >= 11 is 0. The number of nitrogens with zero attached hydrogens (tertiary/aromatic N) is 4. The molecule has 1 fully saturated rings. The fourth-order valence-electron chi connectivity index (χ4n) is 4.91. The van der Waals surface area contributed by atoms with Gasteiger partial charge in [0.1, 0.15) is 0 Å². The Hall–Kier alpha value is -3.81. The van der Waals surface area contributed by atoms with E-state index in [2.05, 4.69) is 11.1 Å². The van der Waals surface area contributed by atoms with Gasteiger partial charge in [-0.25, -0.2) is 14.6 Å². The van der Waals surface area contributed by atoms with E-state index in [1.807, 2.05) is 90.9 Å². The third kappa shape index (κ3) is 5.79. The molecule has 2 aliphatic heterocycles. The topological polar surface area (TPSA) is 74.7 Å². The molecular formula is C29H36N4O4. The van der Waals surface area contributed by atoms with Gasteiger partial charge >= 0.3 is 12.0 Å². The van der Waals surface area contributed by atoms with Crippen LogP contribution in [0.4, 0.5) is 10.5 Å². The first-order valence-electron chi connectivity index (χ1n) is 12.8. The molecule has 0 radical (unpaired) electrons. The summed E-state index contributed by atoms with van der Waals surface area (Å²) in [5.41, 5.74) is 4.06. The highest BCUT2D eigenvalue weighted by atomic mass is 16.5. The number of ether oxygens (including phenoxy) is 2. The van der Waals surface area contributed by atoms with Crippen molar-refractivity contribution in [2.75, 3.05) is 38.2 Å². The number of amidine groups is 1. The molecule has 4 rings (SSSR count). The number of rotatable bonds is 8. The predicted octanol–water partition coefficient (Wildman–Crippen LogP) is 4.91. The Balaban J connectivity index is 1.55. The molecule has 1 saturated heterocycles. The Kier molecular flexibility index (Phi) is 8.16. The summed E-state index contributed by atoms with van der Waals surface area (Å²) < 4.78 is 11.3. The van der Waals surface area contributed by atoms with Crippen LogP contribution in [-0.2, 0) is 14.3 Å². The molecule has 2 aliphatic rings. The maximum atomic E-state index is 13.2. The highest BCUT2D eigenvalue weighted by Crippen LogP contribution is 2.36. The number of para-hydroxylation sites is 1. The number of aliphatic imine (C=N–C) groups is 1. The first-order valence-corrected chi connectivity index (χ1v) is 12.8. The third-order valence-electron chi connectivity index (χ3n) is 6.58. The van der Waals surface area contributed by atoms with E-state index in [-0.39, 0.29) is 18.1 Å². The maximum absolute atomic E-state index is 13.2. The number of hydrogen-bond donors (Lipinski definition) is 0. The molecule has 2 amide bonds. The second-order valence-corrected chi connectivity index (χ2v) is 9.67. The lowest BCUT2D eigenvalue weighted by molar-refractivity contribution is -0.143. The van der Waals surface area contributed by atoms with Gasteiger partial charge in [0.25, 0.3) is 6.02 Å². The average molecular weight is 505 g/mol. The lowest BCUT2D eigenvalue weighted by Gasteiger charge is -2.38. The van der Waals surface area contributed by atoms with E-state index in [1.165, 1.54) is 0 Å². The van der Waals surface area contributed by atoms with Crippen LogP contribution in [0.15, 0.2) is 70.9 Å². The van der Waals surface area contributed by atoms with E-state index in [9.17, 15) is 9.59 Å². The monoisotopic (exact) mass is 504 g/mol. The lowest BCUT2D eigenvalue weighted by Crippen LogP contribution is -2.43. The van der Waals surface area contributed by atoms with Gasteiger partial charge in [0.15, 0.2) is 0 Å². The molecule has 1 unspecified atom stereocenters. The number of amides is 2. The molecule has 0 spiro atoms. The van der Waals surface area contributed by atoms with E-state index in [1.54, 1.807) is 7.11 Å². The number of hydrogen-bond acceptors (Lipinski definition) is 6. The smallest absolute Gasteiger partial charge is 0.338 e. The SMILES string of the molecule is COC1=NC(C)=C(C(=O)OC(C)C)C(c2cccc(C)c2)N1CCCN1CCN(c2ccccc2)C1=O. The molecule has 2 aromatic carbocycles. The largest absolute Gasteiger partial charge is 0.468 e. The van der Waals surface area contributed by atoms with Gasteiger partial charge in [-0.2, -0.15) is 0 Å². The molecule has 0 aliphatic carbocycles. The van der Waals surface area contributed by atoms with Crippen LogP contribution >= 0.6 is 0 Å². The molecule has 2 heterocycles. The van der Waals surface area contributed by atoms with Gasteiger partial charge in [0.2, 0.25) is 0 Å². The molecule has 196 valence electrons. The Morgan fingerprint density at radius 1 is 1.05 bits per heavy atom. The summed E-state index contributed by atoms with van der Waals surface area (Å²) in [5.74, 6) is -0.379. The summed E-state index contributed by atoms with van der Waals surface area (Å²) in [5, 5.41) is 0. The number of aryl methyl sites for hydroxylation is 1. The van der Waals surface area contributed by atoms with Crippen LogP contribution in [-0.4, -0.2) is 67.2 Å². The fourth-order valence-corrected chi connectivity index (χ4v) is 4.91. The first kappa shape index (κ1) is 26.3. The third-order valence-corrected chi connectivity index (χ3v) is 6.58. The van der Waals surface area contributed by atoms with Crippen molar-refractivity contribution in [3.8, 4) is 0 Å². The quantitative estimate of drug-likeness (QED) is 0.478. The maximum Gasteiger partial charge on any atom is 0.338 e. The first-order chi connectivity index (χ1) is 17.8. The zero-order valence-corrected chi connectivity index (χ0v) is 22.3. The van der Waals surface area contributed by atoms with Gasteiger partial charge < -0.3 is 19.3 Å². The standard InChI is InChI=1S/C29H36N4O4/c1-20(2)37-27(34)25-22(4)30-28(36-5)33(26(25)23-12-9-11-21(3)19-23)16-10-15-31-17-18-32(29(31)35)24-13-7-6-8-14-24/h6-9,11-14,19-20,26H,10,15-18H2,1-5H3. The molecule has 0 N–H and O–H groups in total. The summed E-state index contributed by atoms with van der Waals surface area (Å²) in [6.07, 6.45) is 0.436. The van der Waals surface area contributed by atoms with Gasteiger partial charge in [-0.15, -0.1) is 0 Å². The molecule has 0 bridgehead atoms. The number of methoxy groups -OCH3 is 1. The van der Waals surface area contributed by atoms with E-state index in [0.29, 0.717) is 49.9 Å². The number of anilines is 1. The fraction of sp³-hybridized carbons (Fsp3) is 0.414. The number of allylic oxidation sites excluding steroid dienone is 1. The predicted molar refractivity (Wildman–Crippen MR) is 144 cm³/mol. The van der Waals surface area contributed by atoms with E-state index < -0.39 is 6.04 Å². The van der Waals surface area contributed by atoms with Crippen LogP contribution in [0.2, 0.25) is 0 Å². The van der Waals surface area contributed by atoms with Crippen LogP contribution in [0, 0.1) is 6.92 Å². The summed E-state index contributed by atoms with van der Waals surface area (Å²) in [7, 11) is 1.59. The van der Waals surface area contributed by atoms with Crippen molar-refractivity contribution in [1.82, 2.24) is 9.80 Å². The molecule has 8 heteroatoms. The number of carbonyl (C=O) groups is 2. The minimum atomic E-state index is -0.409. The second-order valence-electron chi connectivity index (χ2n) is 9.67. The van der Waals surface area contributed by atoms with Gasteiger partial charge in [-0.1, -0.05) is 48.0 Å². The minimum Gasteiger partial charge on any atom is -0.468 e. The van der Waals surface area contributed by atoms with Gasteiger partial charge in [0, 0.05) is 31.9 Å². The van der Waals surface area contributed by atoms with Crippen LogP contribution in [0.1, 0.15) is 44.4 Å². The highest BCUT2D eigenvalue weighted by molar-refractivity contribution is 5.95. The molecule has 37 heavy (non-hydrogen) atoms. The van der Waals surface area contributed by atoms with Crippen molar-refractivity contribution in [2.45, 2.75) is 46.3 Å². The lowest BCUT2D eigenvalue weighted by atomic mass is 9.93. The zero-order chi connectivity index (χ0) is 26.5. The Morgan fingerprint density at radius 3 is 2.49 bits per heavy atom. The number of carbonyl (C=O) groups excluding carboxylic acids is 2. The average Bonchev–Trinajstić information content (AvgIpc) is 3.24. The molecule has 2 aromatic rings. The van der Waals surface area contributed by atoms with Crippen LogP contribution in [0.3, 0.4) is 0 Å². The van der Waals surface area contributed by atoms with Crippen LogP contribution in [0.25, 0.3) is 0 Å². The number of esters is 1. The van der Waals surface area contributed by atoms with Crippen molar-refractivity contribution in [3.63, 3.8) is 0 Å². The van der Waals surface area contributed by atoms with Crippen molar-refractivity contribution in [2.24, 2.45) is 4.99 Å². The van der Waals surface area contributed by atoms with Crippen LogP contribution in [0.5, 0.6) is 0 Å².